The van der Waals surface area contributed by atoms with Crippen LogP contribution in [0.5, 0.6) is 0 Å². The normalized spacial score (nSPS) is 23.4. The highest BCUT2D eigenvalue weighted by Crippen LogP contribution is 2.26. The fourth-order valence-corrected chi connectivity index (χ4v) is 3.58. The molecular formula is C15H17NO2S. The summed E-state index contributed by atoms with van der Waals surface area (Å²) >= 11 is 1.50. The van der Waals surface area contributed by atoms with Crippen molar-refractivity contribution in [2.45, 2.75) is 37.8 Å². The number of hydrogen-bond donors (Lipinski definition) is 2. The zero-order valence-corrected chi connectivity index (χ0v) is 11.5. The largest absolute Gasteiger partial charge is 0.391 e. The average molecular weight is 275 g/mol. The van der Waals surface area contributed by atoms with Gasteiger partial charge in [-0.3, -0.25) is 4.79 Å². The molecule has 0 spiro atoms. The Labute approximate surface area is 116 Å². The number of amides is 1. The van der Waals surface area contributed by atoms with Crippen LogP contribution < -0.4 is 5.32 Å². The topological polar surface area (TPSA) is 49.3 Å². The Morgan fingerprint density at radius 2 is 2.05 bits per heavy atom. The fourth-order valence-electron chi connectivity index (χ4n) is 2.61. The Kier molecular flexibility index (Phi) is 3.53. The van der Waals surface area contributed by atoms with E-state index in [2.05, 4.69) is 5.32 Å². The Bertz CT molecular complexity index is 560. The molecule has 1 amide bonds. The van der Waals surface area contributed by atoms with Crippen LogP contribution in [0.15, 0.2) is 30.3 Å². The molecule has 0 saturated heterocycles. The first-order valence-electron chi connectivity index (χ1n) is 6.71. The zero-order chi connectivity index (χ0) is 13.2. The molecule has 100 valence electrons. The molecule has 2 aromatic rings. The van der Waals surface area contributed by atoms with Crippen LogP contribution in [0.4, 0.5) is 0 Å². The van der Waals surface area contributed by atoms with Gasteiger partial charge in [0.05, 0.1) is 17.0 Å². The molecular weight excluding hydrogens is 258 g/mol. The Hall–Kier alpha value is -1.39. The van der Waals surface area contributed by atoms with Crippen LogP contribution in [-0.2, 0) is 0 Å². The molecule has 2 atom stereocenters. The molecule has 4 heteroatoms. The third-order valence-electron chi connectivity index (χ3n) is 3.70. The number of thiophene rings is 1. The number of carbonyl (C=O) groups excluding carboxylic acids is 1. The number of aliphatic hydroxyl groups excluding tert-OH is 1. The molecule has 1 saturated carbocycles. The predicted octanol–water partition coefficient (Wildman–Crippen LogP) is 2.93. The smallest absolute Gasteiger partial charge is 0.261 e. The summed E-state index contributed by atoms with van der Waals surface area (Å²) in [4.78, 5) is 12.9. The molecule has 1 aliphatic rings. The van der Waals surface area contributed by atoms with Gasteiger partial charge in [-0.2, -0.15) is 0 Å². The van der Waals surface area contributed by atoms with E-state index >= 15 is 0 Å². The van der Waals surface area contributed by atoms with Gasteiger partial charge in [0.1, 0.15) is 0 Å². The minimum atomic E-state index is -0.396. The van der Waals surface area contributed by atoms with Crippen LogP contribution in [0.1, 0.15) is 35.4 Å². The maximum Gasteiger partial charge on any atom is 0.261 e. The minimum absolute atomic E-state index is 0.0628. The minimum Gasteiger partial charge on any atom is -0.391 e. The highest BCUT2D eigenvalue weighted by molar-refractivity contribution is 7.20. The van der Waals surface area contributed by atoms with E-state index in [1.54, 1.807) is 0 Å². The van der Waals surface area contributed by atoms with E-state index in [9.17, 15) is 9.90 Å². The summed E-state index contributed by atoms with van der Waals surface area (Å²) in [6.07, 6.45) is 3.40. The van der Waals surface area contributed by atoms with E-state index in [-0.39, 0.29) is 11.9 Å². The number of benzene rings is 1. The maximum atomic E-state index is 12.2. The SMILES string of the molecule is O=C(NC1CCCCC1O)c1cc2ccccc2s1. The van der Waals surface area contributed by atoms with E-state index in [0.717, 1.165) is 40.6 Å². The first-order chi connectivity index (χ1) is 9.24. The quantitative estimate of drug-likeness (QED) is 0.885. The summed E-state index contributed by atoms with van der Waals surface area (Å²) in [6.45, 7) is 0. The van der Waals surface area contributed by atoms with E-state index in [1.807, 2.05) is 30.3 Å². The summed E-state index contributed by atoms with van der Waals surface area (Å²) in [5.41, 5.74) is 0. The monoisotopic (exact) mass is 275 g/mol. The van der Waals surface area contributed by atoms with Crippen LogP contribution in [0.3, 0.4) is 0 Å². The summed E-state index contributed by atoms with van der Waals surface area (Å²) in [6, 6.07) is 9.81. The predicted molar refractivity (Wildman–Crippen MR) is 77.6 cm³/mol. The number of carbonyl (C=O) groups is 1. The second-order valence-electron chi connectivity index (χ2n) is 5.08. The van der Waals surface area contributed by atoms with E-state index in [1.165, 1.54) is 11.3 Å². The molecule has 19 heavy (non-hydrogen) atoms. The molecule has 0 aliphatic heterocycles. The second-order valence-corrected chi connectivity index (χ2v) is 6.16. The number of aliphatic hydroxyl groups is 1. The molecule has 3 nitrogen and oxygen atoms in total. The van der Waals surface area contributed by atoms with Crippen molar-refractivity contribution < 1.29 is 9.90 Å². The van der Waals surface area contributed by atoms with Crippen molar-refractivity contribution in [1.82, 2.24) is 5.32 Å². The lowest BCUT2D eigenvalue weighted by Crippen LogP contribution is -2.44. The van der Waals surface area contributed by atoms with Gasteiger partial charge in [0, 0.05) is 4.70 Å². The number of hydrogen-bond acceptors (Lipinski definition) is 3. The van der Waals surface area contributed by atoms with Crippen molar-refractivity contribution in [2.75, 3.05) is 0 Å². The van der Waals surface area contributed by atoms with Crippen LogP contribution in [0, 0.1) is 0 Å². The lowest BCUT2D eigenvalue weighted by molar-refractivity contribution is 0.0720. The van der Waals surface area contributed by atoms with Gasteiger partial charge in [-0.25, -0.2) is 0 Å². The van der Waals surface area contributed by atoms with E-state index in [0.29, 0.717) is 0 Å². The lowest BCUT2D eigenvalue weighted by Gasteiger charge is -2.28. The summed E-state index contributed by atoms with van der Waals surface area (Å²) < 4.78 is 1.12. The van der Waals surface area contributed by atoms with Crippen LogP contribution >= 0.6 is 11.3 Å². The molecule has 0 radical (unpaired) electrons. The van der Waals surface area contributed by atoms with Gasteiger partial charge >= 0.3 is 0 Å². The van der Waals surface area contributed by atoms with Crippen LogP contribution in [-0.4, -0.2) is 23.2 Å². The number of fused-ring (bicyclic) bond motifs is 1. The van der Waals surface area contributed by atoms with Gasteiger partial charge in [-0.15, -0.1) is 11.3 Å². The first-order valence-corrected chi connectivity index (χ1v) is 7.53. The van der Waals surface area contributed by atoms with Crippen LogP contribution in [0.25, 0.3) is 10.1 Å². The number of rotatable bonds is 2. The van der Waals surface area contributed by atoms with Crippen molar-refractivity contribution in [3.05, 3.63) is 35.2 Å². The van der Waals surface area contributed by atoms with Crippen molar-refractivity contribution in [1.29, 1.82) is 0 Å². The Morgan fingerprint density at radius 3 is 2.84 bits per heavy atom. The third kappa shape index (κ3) is 2.65. The van der Waals surface area contributed by atoms with Gasteiger partial charge in [-0.05, 0) is 30.4 Å². The second kappa shape index (κ2) is 5.31. The van der Waals surface area contributed by atoms with Crippen molar-refractivity contribution in [3.8, 4) is 0 Å². The molecule has 1 heterocycles. The van der Waals surface area contributed by atoms with Gasteiger partial charge in [0.25, 0.3) is 5.91 Å². The highest BCUT2D eigenvalue weighted by atomic mass is 32.1. The molecule has 2 unspecified atom stereocenters. The first kappa shape index (κ1) is 12.6. The molecule has 2 N–H and O–H groups in total. The molecule has 3 rings (SSSR count). The summed E-state index contributed by atoms with van der Waals surface area (Å²) in [5, 5.41) is 14.0. The van der Waals surface area contributed by atoms with E-state index in [4.69, 9.17) is 0 Å². The third-order valence-corrected chi connectivity index (χ3v) is 4.81. The average Bonchev–Trinajstić information content (AvgIpc) is 2.85. The molecule has 0 bridgehead atoms. The Morgan fingerprint density at radius 1 is 1.26 bits per heavy atom. The molecule has 1 aliphatic carbocycles. The van der Waals surface area contributed by atoms with Gasteiger partial charge < -0.3 is 10.4 Å². The van der Waals surface area contributed by atoms with E-state index < -0.39 is 6.10 Å². The van der Waals surface area contributed by atoms with Gasteiger partial charge in [0.15, 0.2) is 0 Å². The summed E-state index contributed by atoms with van der Waals surface area (Å²) in [5.74, 6) is -0.0628. The molecule has 1 fully saturated rings. The van der Waals surface area contributed by atoms with Crippen molar-refractivity contribution in [2.24, 2.45) is 0 Å². The van der Waals surface area contributed by atoms with Gasteiger partial charge in [-0.1, -0.05) is 31.0 Å². The fraction of sp³-hybridized carbons (Fsp3) is 0.400. The number of nitrogens with one attached hydrogen (secondary N) is 1. The molecule has 1 aromatic heterocycles. The Balaban J connectivity index is 1.76. The highest BCUT2D eigenvalue weighted by Gasteiger charge is 2.25. The lowest BCUT2D eigenvalue weighted by atomic mass is 9.92. The van der Waals surface area contributed by atoms with Gasteiger partial charge in [0.2, 0.25) is 0 Å². The van der Waals surface area contributed by atoms with Crippen molar-refractivity contribution >= 4 is 27.3 Å². The summed E-state index contributed by atoms with van der Waals surface area (Å²) in [7, 11) is 0. The zero-order valence-electron chi connectivity index (χ0n) is 10.6. The maximum absolute atomic E-state index is 12.2. The standard InChI is InChI=1S/C15H17NO2S/c17-12-7-3-2-6-11(12)16-15(18)14-9-10-5-1-4-8-13(10)19-14/h1,4-5,8-9,11-12,17H,2-3,6-7H2,(H,16,18). The molecule has 1 aromatic carbocycles. The van der Waals surface area contributed by atoms with Crippen molar-refractivity contribution in [3.63, 3.8) is 0 Å². The van der Waals surface area contributed by atoms with Crippen LogP contribution in [0.2, 0.25) is 0 Å².